The average Bonchev–Trinajstić information content (AvgIpc) is 2.87. The van der Waals surface area contributed by atoms with Crippen molar-refractivity contribution in [2.75, 3.05) is 5.32 Å². The molecular formula is C19H20N2O2S. The molecule has 1 N–H and O–H groups in total. The Balaban J connectivity index is 1.92. The molecule has 0 fully saturated rings. The molecular weight excluding hydrogens is 320 g/mol. The third-order valence-corrected chi connectivity index (χ3v) is 5.40. The van der Waals surface area contributed by atoms with Crippen LogP contribution in [0.2, 0.25) is 0 Å². The number of carbonyl (C=O) groups is 1. The molecule has 1 amide bonds. The van der Waals surface area contributed by atoms with Gasteiger partial charge in [-0.05, 0) is 51.0 Å². The summed E-state index contributed by atoms with van der Waals surface area (Å²) in [7, 11) is 0. The first-order valence-corrected chi connectivity index (χ1v) is 8.65. The van der Waals surface area contributed by atoms with Crippen molar-refractivity contribution >= 4 is 33.2 Å². The number of hydrogen-bond acceptors (Lipinski definition) is 3. The van der Waals surface area contributed by atoms with E-state index >= 15 is 0 Å². The predicted molar refractivity (Wildman–Crippen MR) is 100 cm³/mol. The fourth-order valence-electron chi connectivity index (χ4n) is 2.96. The van der Waals surface area contributed by atoms with Crippen LogP contribution in [0.5, 0.6) is 0 Å². The summed E-state index contributed by atoms with van der Waals surface area (Å²) in [5, 5.41) is 3.64. The van der Waals surface area contributed by atoms with Gasteiger partial charge in [0.2, 0.25) is 5.91 Å². The zero-order valence-electron chi connectivity index (χ0n) is 14.2. The number of anilines is 1. The Kier molecular flexibility index (Phi) is 4.28. The van der Waals surface area contributed by atoms with Crippen LogP contribution in [0.3, 0.4) is 0 Å². The highest BCUT2D eigenvalue weighted by molar-refractivity contribution is 7.14. The van der Waals surface area contributed by atoms with Gasteiger partial charge in [0.15, 0.2) is 0 Å². The van der Waals surface area contributed by atoms with Gasteiger partial charge in [-0.15, -0.1) is 0 Å². The maximum Gasteiger partial charge on any atom is 0.269 e. The summed E-state index contributed by atoms with van der Waals surface area (Å²) >= 11 is 1.33. The van der Waals surface area contributed by atoms with Crippen LogP contribution in [-0.2, 0) is 4.79 Å². The monoisotopic (exact) mass is 340 g/mol. The van der Waals surface area contributed by atoms with Crippen LogP contribution in [-0.4, -0.2) is 9.86 Å². The summed E-state index contributed by atoms with van der Waals surface area (Å²) in [6.45, 7) is 7.74. The number of carbonyl (C=O) groups excluding carboxylic acids is 1. The fourth-order valence-corrected chi connectivity index (χ4v) is 4.00. The van der Waals surface area contributed by atoms with Gasteiger partial charge in [-0.2, -0.15) is 0 Å². The van der Waals surface area contributed by atoms with Crippen LogP contribution in [0, 0.1) is 20.8 Å². The summed E-state index contributed by atoms with van der Waals surface area (Å²) < 4.78 is 2.43. The molecule has 24 heavy (non-hydrogen) atoms. The van der Waals surface area contributed by atoms with E-state index < -0.39 is 6.04 Å². The lowest BCUT2D eigenvalue weighted by molar-refractivity contribution is -0.118. The van der Waals surface area contributed by atoms with E-state index in [9.17, 15) is 9.59 Å². The summed E-state index contributed by atoms with van der Waals surface area (Å²) in [6, 6.07) is 10.9. The van der Waals surface area contributed by atoms with E-state index in [4.69, 9.17) is 0 Å². The van der Waals surface area contributed by atoms with Crippen molar-refractivity contribution in [2.24, 2.45) is 0 Å². The summed E-state index contributed by atoms with van der Waals surface area (Å²) in [5.41, 5.74) is 3.92. The van der Waals surface area contributed by atoms with E-state index in [1.54, 1.807) is 16.9 Å². The Morgan fingerprint density at radius 1 is 1.12 bits per heavy atom. The first-order valence-electron chi connectivity index (χ1n) is 7.87. The number of hydrogen-bond donors (Lipinski definition) is 1. The van der Waals surface area contributed by atoms with E-state index in [0.29, 0.717) is 5.39 Å². The number of nitrogens with one attached hydrogen (secondary N) is 1. The second-order valence-corrected chi connectivity index (χ2v) is 7.17. The second-order valence-electron chi connectivity index (χ2n) is 6.16. The largest absolute Gasteiger partial charge is 0.324 e. The molecule has 1 heterocycles. The van der Waals surface area contributed by atoms with Gasteiger partial charge in [0.1, 0.15) is 6.04 Å². The van der Waals surface area contributed by atoms with Crippen molar-refractivity contribution in [2.45, 2.75) is 33.7 Å². The normalized spacial score (nSPS) is 12.3. The van der Waals surface area contributed by atoms with Gasteiger partial charge >= 0.3 is 0 Å². The average molecular weight is 340 g/mol. The zero-order valence-corrected chi connectivity index (χ0v) is 15.0. The molecule has 124 valence electrons. The van der Waals surface area contributed by atoms with Crippen molar-refractivity contribution in [3.63, 3.8) is 0 Å². The number of amides is 1. The molecule has 0 spiro atoms. The Morgan fingerprint density at radius 2 is 1.75 bits per heavy atom. The molecule has 1 aromatic heterocycles. The minimum Gasteiger partial charge on any atom is -0.324 e. The van der Waals surface area contributed by atoms with Crippen LogP contribution < -0.4 is 10.9 Å². The first kappa shape index (κ1) is 16.5. The topological polar surface area (TPSA) is 51.1 Å². The highest BCUT2D eigenvalue weighted by Crippen LogP contribution is 2.24. The number of aryl methyl sites for hydroxylation is 3. The lowest BCUT2D eigenvalue weighted by Crippen LogP contribution is -2.28. The summed E-state index contributed by atoms with van der Waals surface area (Å²) in [5.74, 6) is -0.182. The van der Waals surface area contributed by atoms with Crippen molar-refractivity contribution in [3.05, 3.63) is 63.4 Å². The molecule has 3 rings (SSSR count). The van der Waals surface area contributed by atoms with Gasteiger partial charge < -0.3 is 5.32 Å². The van der Waals surface area contributed by atoms with E-state index in [0.717, 1.165) is 27.1 Å². The molecule has 0 aliphatic rings. The Bertz CT molecular complexity index is 961. The fraction of sp³-hybridized carbons (Fsp3) is 0.263. The van der Waals surface area contributed by atoms with Gasteiger partial charge in [0.05, 0.1) is 10.1 Å². The third-order valence-electron chi connectivity index (χ3n) is 4.17. The zero-order chi connectivity index (χ0) is 17.4. The molecule has 1 unspecified atom stereocenters. The minimum atomic E-state index is -0.560. The van der Waals surface area contributed by atoms with Crippen LogP contribution in [0.15, 0.2) is 41.2 Å². The number of aromatic nitrogens is 1. The van der Waals surface area contributed by atoms with Crippen LogP contribution >= 0.6 is 11.5 Å². The summed E-state index contributed by atoms with van der Waals surface area (Å²) in [6.07, 6.45) is 0. The maximum atomic E-state index is 12.7. The van der Waals surface area contributed by atoms with Crippen molar-refractivity contribution < 1.29 is 4.79 Å². The Morgan fingerprint density at radius 3 is 2.38 bits per heavy atom. The number of nitrogens with zero attached hydrogens (tertiary/aromatic N) is 1. The molecule has 0 aliphatic heterocycles. The molecule has 0 aliphatic carbocycles. The van der Waals surface area contributed by atoms with Crippen LogP contribution in [0.4, 0.5) is 5.69 Å². The Hall–Kier alpha value is -2.40. The molecule has 0 bridgehead atoms. The van der Waals surface area contributed by atoms with E-state index in [-0.39, 0.29) is 11.5 Å². The van der Waals surface area contributed by atoms with Gasteiger partial charge in [-0.3, -0.25) is 13.5 Å². The molecule has 0 radical (unpaired) electrons. The predicted octanol–water partition coefficient (Wildman–Crippen LogP) is 4.19. The SMILES string of the molecule is Cc1cc(C)c(NC(=O)C(C)n2sc3ccccc3c2=O)c(C)c1. The quantitative estimate of drug-likeness (QED) is 0.777. The van der Waals surface area contributed by atoms with Crippen molar-refractivity contribution in [1.29, 1.82) is 0 Å². The molecule has 5 heteroatoms. The van der Waals surface area contributed by atoms with Gasteiger partial charge in [-0.1, -0.05) is 41.4 Å². The second kappa shape index (κ2) is 6.24. The van der Waals surface area contributed by atoms with Crippen molar-refractivity contribution in [3.8, 4) is 0 Å². The standard InChI is InChI=1S/C19H20N2O2S/c1-11-9-12(2)17(13(3)10-11)20-18(22)14(4)21-19(23)15-7-5-6-8-16(15)24-21/h5-10,14H,1-4H3,(H,20,22). The van der Waals surface area contributed by atoms with Crippen LogP contribution in [0.25, 0.3) is 10.1 Å². The molecule has 3 aromatic rings. The van der Waals surface area contributed by atoms with Gasteiger partial charge in [0.25, 0.3) is 5.56 Å². The minimum absolute atomic E-state index is 0.115. The molecule has 2 aromatic carbocycles. The first-order chi connectivity index (χ1) is 11.4. The Labute approximate surface area is 144 Å². The van der Waals surface area contributed by atoms with Gasteiger partial charge in [-0.25, -0.2) is 0 Å². The third kappa shape index (κ3) is 2.87. The lowest BCUT2D eigenvalue weighted by Gasteiger charge is -2.16. The van der Waals surface area contributed by atoms with Gasteiger partial charge in [0, 0.05) is 5.69 Å². The van der Waals surface area contributed by atoms with Crippen LogP contribution in [0.1, 0.15) is 29.7 Å². The van der Waals surface area contributed by atoms with E-state index in [2.05, 4.69) is 5.32 Å². The smallest absolute Gasteiger partial charge is 0.269 e. The molecule has 1 atom stereocenters. The van der Waals surface area contributed by atoms with E-state index in [1.165, 1.54) is 11.5 Å². The maximum absolute atomic E-state index is 12.7. The summed E-state index contributed by atoms with van der Waals surface area (Å²) in [4.78, 5) is 25.2. The molecule has 4 nitrogen and oxygen atoms in total. The number of rotatable bonds is 3. The molecule has 0 saturated carbocycles. The molecule has 0 saturated heterocycles. The number of fused-ring (bicyclic) bond motifs is 1. The highest BCUT2D eigenvalue weighted by atomic mass is 32.1. The number of benzene rings is 2. The van der Waals surface area contributed by atoms with Crippen molar-refractivity contribution in [1.82, 2.24) is 3.96 Å². The highest BCUT2D eigenvalue weighted by Gasteiger charge is 2.20. The van der Waals surface area contributed by atoms with E-state index in [1.807, 2.05) is 51.1 Å². The lowest BCUT2D eigenvalue weighted by atomic mass is 10.0.